The highest BCUT2D eigenvalue weighted by Gasteiger charge is 2.19. The van der Waals surface area contributed by atoms with E-state index >= 15 is 0 Å². The predicted octanol–water partition coefficient (Wildman–Crippen LogP) is 3.85. The molecule has 0 aliphatic carbocycles. The molecule has 2 rings (SSSR count). The van der Waals surface area contributed by atoms with Crippen LogP contribution in [0.15, 0.2) is 28.7 Å². The van der Waals surface area contributed by atoms with Crippen LogP contribution >= 0.6 is 15.9 Å². The van der Waals surface area contributed by atoms with Crippen LogP contribution in [0.5, 0.6) is 11.5 Å². The molecule has 4 heteroatoms. The molecule has 0 aliphatic heterocycles. The maximum absolute atomic E-state index is 12.0. The second kappa shape index (κ2) is 4.61. The number of ketones is 1. The summed E-state index contributed by atoms with van der Waals surface area (Å²) < 4.78 is 0.850. The van der Waals surface area contributed by atoms with Gasteiger partial charge < -0.3 is 10.2 Å². The molecular formula is C14H13BrO3. The van der Waals surface area contributed by atoms with Crippen molar-refractivity contribution in [2.45, 2.75) is 13.8 Å². The normalized spacial score (nSPS) is 11.1. The van der Waals surface area contributed by atoms with Gasteiger partial charge in [-0.1, -0.05) is 29.8 Å². The van der Waals surface area contributed by atoms with Crippen LogP contribution in [0, 0.1) is 5.92 Å². The van der Waals surface area contributed by atoms with E-state index in [0.29, 0.717) is 10.8 Å². The number of Topliss-reactive ketones (excluding diaryl/α,β-unsaturated/α-hetero) is 1. The van der Waals surface area contributed by atoms with Gasteiger partial charge in [0.25, 0.3) is 0 Å². The number of hydrogen-bond donors (Lipinski definition) is 2. The zero-order valence-corrected chi connectivity index (χ0v) is 11.7. The molecule has 0 unspecified atom stereocenters. The average molecular weight is 309 g/mol. The zero-order chi connectivity index (χ0) is 13.4. The van der Waals surface area contributed by atoms with Crippen molar-refractivity contribution in [2.75, 3.05) is 0 Å². The summed E-state index contributed by atoms with van der Waals surface area (Å²) >= 11 is 3.34. The summed E-state index contributed by atoms with van der Waals surface area (Å²) in [6.07, 6.45) is 0. The van der Waals surface area contributed by atoms with E-state index in [9.17, 15) is 15.0 Å². The Kier molecular flexibility index (Phi) is 3.30. The van der Waals surface area contributed by atoms with Gasteiger partial charge >= 0.3 is 0 Å². The molecule has 0 saturated heterocycles. The van der Waals surface area contributed by atoms with Gasteiger partial charge in [-0.05, 0) is 29.7 Å². The number of rotatable bonds is 2. The van der Waals surface area contributed by atoms with E-state index in [0.717, 1.165) is 4.47 Å². The summed E-state index contributed by atoms with van der Waals surface area (Å²) in [5.74, 6) is -1.02. The molecule has 2 aromatic rings. The van der Waals surface area contributed by atoms with E-state index in [1.165, 1.54) is 0 Å². The number of hydrogen-bond acceptors (Lipinski definition) is 3. The third-order valence-corrected chi connectivity index (χ3v) is 3.33. The summed E-state index contributed by atoms with van der Waals surface area (Å²) in [6, 6.07) is 6.87. The van der Waals surface area contributed by atoms with Gasteiger partial charge in [-0.2, -0.15) is 0 Å². The Balaban J connectivity index is 2.76. The highest BCUT2D eigenvalue weighted by Crippen LogP contribution is 2.38. The standard InChI is InChI=1S/C14H13BrO3/c1-7(2)12(16)11-6-8-5-9(15)3-4-10(8)13(17)14(11)18/h3-7,17-18H,1-2H3. The van der Waals surface area contributed by atoms with Crippen molar-refractivity contribution < 1.29 is 15.0 Å². The molecule has 0 spiro atoms. The second-order valence-corrected chi connectivity index (χ2v) is 5.42. The average Bonchev–Trinajstić information content (AvgIpc) is 2.32. The van der Waals surface area contributed by atoms with E-state index < -0.39 is 0 Å². The van der Waals surface area contributed by atoms with Gasteiger partial charge in [-0.25, -0.2) is 0 Å². The zero-order valence-electron chi connectivity index (χ0n) is 10.1. The lowest BCUT2D eigenvalue weighted by molar-refractivity contribution is 0.0936. The minimum atomic E-state index is -0.344. The van der Waals surface area contributed by atoms with Gasteiger partial charge in [-0.3, -0.25) is 4.79 Å². The molecule has 0 bridgehead atoms. The van der Waals surface area contributed by atoms with E-state index in [1.807, 2.05) is 0 Å². The van der Waals surface area contributed by atoms with Gasteiger partial charge in [0, 0.05) is 15.8 Å². The number of fused-ring (bicyclic) bond motifs is 1. The Bertz CT molecular complexity index is 632. The van der Waals surface area contributed by atoms with Crippen LogP contribution in [0.2, 0.25) is 0 Å². The quantitative estimate of drug-likeness (QED) is 0.654. The first-order valence-corrected chi connectivity index (χ1v) is 6.39. The molecular weight excluding hydrogens is 296 g/mol. The molecule has 0 saturated carbocycles. The fourth-order valence-electron chi connectivity index (χ4n) is 1.85. The SMILES string of the molecule is CC(C)C(=O)c1cc2cc(Br)ccc2c(O)c1O. The van der Waals surface area contributed by atoms with Crippen LogP contribution < -0.4 is 0 Å². The lowest BCUT2D eigenvalue weighted by Gasteiger charge is -2.11. The number of benzene rings is 2. The molecule has 0 radical (unpaired) electrons. The van der Waals surface area contributed by atoms with Crippen molar-refractivity contribution in [1.29, 1.82) is 0 Å². The second-order valence-electron chi connectivity index (χ2n) is 4.51. The van der Waals surface area contributed by atoms with Crippen molar-refractivity contribution in [3.63, 3.8) is 0 Å². The Morgan fingerprint density at radius 3 is 2.44 bits per heavy atom. The number of aromatic hydroxyl groups is 2. The van der Waals surface area contributed by atoms with Gasteiger partial charge in [0.05, 0.1) is 5.56 Å². The van der Waals surface area contributed by atoms with E-state index in [4.69, 9.17) is 0 Å². The van der Waals surface area contributed by atoms with E-state index in [-0.39, 0.29) is 28.8 Å². The number of carbonyl (C=O) groups is 1. The lowest BCUT2D eigenvalue weighted by atomic mass is 9.96. The Morgan fingerprint density at radius 2 is 1.83 bits per heavy atom. The molecule has 2 aromatic carbocycles. The monoisotopic (exact) mass is 308 g/mol. The lowest BCUT2D eigenvalue weighted by Crippen LogP contribution is -2.07. The van der Waals surface area contributed by atoms with Crippen LogP contribution in [0.25, 0.3) is 10.8 Å². The van der Waals surface area contributed by atoms with Gasteiger partial charge in [0.1, 0.15) is 0 Å². The summed E-state index contributed by atoms with van der Waals surface area (Å²) in [7, 11) is 0. The molecule has 0 heterocycles. The molecule has 0 atom stereocenters. The molecule has 94 valence electrons. The van der Waals surface area contributed by atoms with Crippen molar-refractivity contribution in [3.8, 4) is 11.5 Å². The first kappa shape index (κ1) is 12.9. The Morgan fingerprint density at radius 1 is 1.17 bits per heavy atom. The predicted molar refractivity (Wildman–Crippen MR) is 74.1 cm³/mol. The summed E-state index contributed by atoms with van der Waals surface area (Å²) in [5, 5.41) is 21.1. The molecule has 2 N–H and O–H groups in total. The van der Waals surface area contributed by atoms with Crippen molar-refractivity contribution in [3.05, 3.63) is 34.3 Å². The van der Waals surface area contributed by atoms with Gasteiger partial charge in [0.2, 0.25) is 0 Å². The van der Waals surface area contributed by atoms with Crippen LogP contribution in [0.4, 0.5) is 0 Å². The molecule has 0 amide bonds. The minimum absolute atomic E-state index is 0.160. The molecule has 0 aliphatic rings. The summed E-state index contributed by atoms with van der Waals surface area (Å²) in [4.78, 5) is 12.0. The van der Waals surface area contributed by atoms with Crippen LogP contribution in [-0.2, 0) is 0 Å². The Labute approximate surface area is 113 Å². The van der Waals surface area contributed by atoms with Gasteiger partial charge in [0.15, 0.2) is 17.3 Å². The van der Waals surface area contributed by atoms with Crippen LogP contribution in [0.1, 0.15) is 24.2 Å². The van der Waals surface area contributed by atoms with E-state index in [1.54, 1.807) is 38.1 Å². The summed E-state index contributed by atoms with van der Waals surface area (Å²) in [6.45, 7) is 3.51. The maximum atomic E-state index is 12.0. The van der Waals surface area contributed by atoms with E-state index in [2.05, 4.69) is 15.9 Å². The first-order chi connectivity index (χ1) is 8.41. The molecule has 0 aromatic heterocycles. The smallest absolute Gasteiger partial charge is 0.169 e. The third-order valence-electron chi connectivity index (χ3n) is 2.84. The van der Waals surface area contributed by atoms with Crippen molar-refractivity contribution in [2.24, 2.45) is 5.92 Å². The summed E-state index contributed by atoms with van der Waals surface area (Å²) in [5.41, 5.74) is 0.160. The van der Waals surface area contributed by atoms with Crippen molar-refractivity contribution in [1.82, 2.24) is 0 Å². The highest BCUT2D eigenvalue weighted by molar-refractivity contribution is 9.10. The van der Waals surface area contributed by atoms with Crippen LogP contribution in [0.3, 0.4) is 0 Å². The largest absolute Gasteiger partial charge is 0.504 e. The Hall–Kier alpha value is -1.55. The molecule has 0 fully saturated rings. The first-order valence-electron chi connectivity index (χ1n) is 5.60. The topological polar surface area (TPSA) is 57.5 Å². The number of halogens is 1. The maximum Gasteiger partial charge on any atom is 0.169 e. The fourth-order valence-corrected chi connectivity index (χ4v) is 2.23. The minimum Gasteiger partial charge on any atom is -0.504 e. The number of phenols is 2. The third kappa shape index (κ3) is 2.08. The molecule has 3 nitrogen and oxygen atoms in total. The van der Waals surface area contributed by atoms with Crippen molar-refractivity contribution >= 4 is 32.5 Å². The fraction of sp³-hybridized carbons (Fsp3) is 0.214. The van der Waals surface area contributed by atoms with Crippen LogP contribution in [-0.4, -0.2) is 16.0 Å². The van der Waals surface area contributed by atoms with Gasteiger partial charge in [-0.15, -0.1) is 0 Å². The number of phenolic OH excluding ortho intramolecular Hbond substituents is 2. The molecule has 18 heavy (non-hydrogen) atoms. The highest BCUT2D eigenvalue weighted by atomic mass is 79.9. The number of carbonyl (C=O) groups excluding carboxylic acids is 1.